The smallest absolute Gasteiger partial charge is 0.335 e. The molecule has 0 saturated heterocycles. The second-order valence-corrected chi connectivity index (χ2v) is 3.78. The lowest BCUT2D eigenvalue weighted by Crippen LogP contribution is -2.03. The molecule has 0 aliphatic rings. The van der Waals surface area contributed by atoms with E-state index in [1.54, 1.807) is 6.07 Å². The van der Waals surface area contributed by atoms with E-state index in [1.807, 2.05) is 6.92 Å². The van der Waals surface area contributed by atoms with E-state index in [1.165, 1.54) is 12.1 Å². The molecule has 0 saturated carbocycles. The van der Waals surface area contributed by atoms with Gasteiger partial charge in [0.05, 0.1) is 12.2 Å². The molecular weight excluding hydrogens is 236 g/mol. The van der Waals surface area contributed by atoms with E-state index in [0.717, 1.165) is 12.8 Å². The third kappa shape index (κ3) is 4.45. The molecule has 5 nitrogen and oxygen atoms in total. The molecule has 1 aromatic carbocycles. The largest absolute Gasteiger partial charge is 0.494 e. The first kappa shape index (κ1) is 14.0. The maximum absolute atomic E-state index is 10.9. The zero-order chi connectivity index (χ0) is 13.4. The highest BCUT2D eigenvalue weighted by Gasteiger charge is 2.08. The number of unbranched alkanes of at least 4 members (excludes halogenated alkanes) is 1. The van der Waals surface area contributed by atoms with Crippen molar-refractivity contribution in [2.75, 3.05) is 6.61 Å². The van der Waals surface area contributed by atoms with Crippen molar-refractivity contribution in [1.29, 1.82) is 0 Å². The van der Waals surface area contributed by atoms with E-state index in [2.05, 4.69) is 4.74 Å². The average Bonchev–Trinajstić information content (AvgIpc) is 2.36. The summed E-state index contributed by atoms with van der Waals surface area (Å²) in [6, 6.07) is 4.59. The van der Waals surface area contributed by atoms with Crippen molar-refractivity contribution in [3.05, 3.63) is 29.3 Å². The second kappa shape index (κ2) is 7.32. The highest BCUT2D eigenvalue weighted by Crippen LogP contribution is 2.18. The normalized spacial score (nSPS) is 9.83. The quantitative estimate of drug-likeness (QED) is 0.567. The third-order valence-electron chi connectivity index (χ3n) is 2.30. The van der Waals surface area contributed by atoms with E-state index < -0.39 is 5.97 Å². The zero-order valence-electron chi connectivity index (χ0n) is 10.2. The van der Waals surface area contributed by atoms with Crippen LogP contribution in [-0.4, -0.2) is 24.2 Å². The zero-order valence-corrected chi connectivity index (χ0v) is 10.2. The summed E-state index contributed by atoms with van der Waals surface area (Å²) in [5, 5.41) is 8.96. The molecule has 1 aromatic rings. The molecule has 0 bridgehead atoms. The van der Waals surface area contributed by atoms with Crippen LogP contribution >= 0.6 is 0 Å². The van der Waals surface area contributed by atoms with Gasteiger partial charge in [-0.15, -0.1) is 0 Å². The molecule has 0 aliphatic heterocycles. The summed E-state index contributed by atoms with van der Waals surface area (Å²) in [7, 11) is 0. The Morgan fingerprint density at radius 2 is 2.17 bits per heavy atom. The van der Waals surface area contributed by atoms with Gasteiger partial charge in [-0.2, -0.15) is 0 Å². The summed E-state index contributed by atoms with van der Waals surface area (Å²) in [5.74, 6) is -0.559. The fourth-order valence-corrected chi connectivity index (χ4v) is 1.42. The van der Waals surface area contributed by atoms with Gasteiger partial charge in [0.1, 0.15) is 12.4 Å². The monoisotopic (exact) mass is 252 g/mol. The van der Waals surface area contributed by atoms with E-state index in [9.17, 15) is 9.59 Å². The number of carboxylic acid groups (broad SMARTS) is 1. The average molecular weight is 252 g/mol. The SMILES string of the molecule is CCCCOc1cc(COC=O)cc(C(=O)O)c1. The second-order valence-electron chi connectivity index (χ2n) is 3.78. The Morgan fingerprint density at radius 1 is 1.39 bits per heavy atom. The number of hydrogen-bond donors (Lipinski definition) is 1. The lowest BCUT2D eigenvalue weighted by atomic mass is 10.1. The Labute approximate surface area is 105 Å². The first-order chi connectivity index (χ1) is 8.67. The molecule has 5 heteroatoms. The molecule has 18 heavy (non-hydrogen) atoms. The number of carboxylic acids is 1. The predicted octanol–water partition coefficient (Wildman–Crippen LogP) is 2.24. The Hall–Kier alpha value is -2.04. The van der Waals surface area contributed by atoms with Crippen molar-refractivity contribution in [3.8, 4) is 5.75 Å². The number of aromatic carboxylic acids is 1. The molecule has 0 radical (unpaired) electrons. The summed E-state index contributed by atoms with van der Waals surface area (Å²) >= 11 is 0. The number of benzene rings is 1. The van der Waals surface area contributed by atoms with Crippen molar-refractivity contribution in [1.82, 2.24) is 0 Å². The number of carbonyl (C=O) groups excluding carboxylic acids is 1. The van der Waals surface area contributed by atoms with Gasteiger partial charge < -0.3 is 14.6 Å². The van der Waals surface area contributed by atoms with Crippen LogP contribution in [0.1, 0.15) is 35.7 Å². The van der Waals surface area contributed by atoms with E-state index in [-0.39, 0.29) is 12.2 Å². The van der Waals surface area contributed by atoms with Crippen LogP contribution in [0.4, 0.5) is 0 Å². The molecule has 98 valence electrons. The van der Waals surface area contributed by atoms with Crippen LogP contribution < -0.4 is 4.74 Å². The molecule has 1 N–H and O–H groups in total. The van der Waals surface area contributed by atoms with Gasteiger partial charge in [-0.1, -0.05) is 13.3 Å². The summed E-state index contributed by atoms with van der Waals surface area (Å²) < 4.78 is 10.1. The fraction of sp³-hybridized carbons (Fsp3) is 0.385. The minimum atomic E-state index is -1.04. The lowest BCUT2D eigenvalue weighted by molar-refractivity contribution is -0.129. The van der Waals surface area contributed by atoms with Gasteiger partial charge in [-0.25, -0.2) is 4.79 Å². The molecule has 0 aliphatic carbocycles. The summed E-state index contributed by atoms with van der Waals surface area (Å²) in [4.78, 5) is 21.1. The van der Waals surface area contributed by atoms with Crippen molar-refractivity contribution in [2.45, 2.75) is 26.4 Å². The molecule has 0 unspecified atom stereocenters. The molecule has 0 heterocycles. The van der Waals surface area contributed by atoms with Crippen LogP contribution in [-0.2, 0) is 16.1 Å². The molecule has 0 aromatic heterocycles. The molecule has 0 spiro atoms. The standard InChI is InChI=1S/C13H16O5/c1-2-3-4-18-12-6-10(8-17-9-14)5-11(7-12)13(15)16/h5-7,9H,2-4,8H2,1H3,(H,15,16). The maximum Gasteiger partial charge on any atom is 0.335 e. The van der Waals surface area contributed by atoms with Crippen molar-refractivity contribution < 1.29 is 24.2 Å². The number of rotatable bonds is 8. The molecule has 0 atom stereocenters. The Kier molecular flexibility index (Phi) is 5.70. The van der Waals surface area contributed by atoms with Gasteiger partial charge in [0.15, 0.2) is 0 Å². The minimum absolute atomic E-state index is 0.0365. The van der Waals surface area contributed by atoms with Crippen molar-refractivity contribution >= 4 is 12.4 Å². The first-order valence-electron chi connectivity index (χ1n) is 5.72. The molecule has 0 fully saturated rings. The van der Waals surface area contributed by atoms with E-state index in [0.29, 0.717) is 24.4 Å². The topological polar surface area (TPSA) is 72.8 Å². The molecule has 1 rings (SSSR count). The Balaban J connectivity index is 2.83. The fourth-order valence-electron chi connectivity index (χ4n) is 1.42. The summed E-state index contributed by atoms with van der Waals surface area (Å²) in [6.07, 6.45) is 1.90. The number of ether oxygens (including phenoxy) is 2. The minimum Gasteiger partial charge on any atom is -0.494 e. The number of hydrogen-bond acceptors (Lipinski definition) is 4. The van der Waals surface area contributed by atoms with Gasteiger partial charge in [0.2, 0.25) is 0 Å². The van der Waals surface area contributed by atoms with Crippen LogP contribution in [0.25, 0.3) is 0 Å². The Morgan fingerprint density at radius 3 is 2.78 bits per heavy atom. The van der Waals surface area contributed by atoms with Gasteiger partial charge in [-0.05, 0) is 30.2 Å². The maximum atomic E-state index is 10.9. The van der Waals surface area contributed by atoms with Crippen LogP contribution in [0.2, 0.25) is 0 Å². The first-order valence-corrected chi connectivity index (χ1v) is 5.72. The highest BCUT2D eigenvalue weighted by atomic mass is 16.5. The van der Waals surface area contributed by atoms with Crippen LogP contribution in [0, 0.1) is 0 Å². The van der Waals surface area contributed by atoms with Crippen molar-refractivity contribution in [2.24, 2.45) is 0 Å². The molecular formula is C13H16O5. The lowest BCUT2D eigenvalue weighted by Gasteiger charge is -2.09. The Bertz CT molecular complexity index is 414. The summed E-state index contributed by atoms with van der Waals surface area (Å²) in [5.41, 5.74) is 0.710. The summed E-state index contributed by atoms with van der Waals surface area (Å²) in [6.45, 7) is 2.94. The van der Waals surface area contributed by atoms with Crippen LogP contribution in [0.5, 0.6) is 5.75 Å². The highest BCUT2D eigenvalue weighted by molar-refractivity contribution is 5.88. The van der Waals surface area contributed by atoms with Crippen LogP contribution in [0.15, 0.2) is 18.2 Å². The van der Waals surface area contributed by atoms with Gasteiger partial charge in [0.25, 0.3) is 6.47 Å². The molecule has 0 amide bonds. The van der Waals surface area contributed by atoms with E-state index >= 15 is 0 Å². The van der Waals surface area contributed by atoms with Crippen molar-refractivity contribution in [3.63, 3.8) is 0 Å². The third-order valence-corrected chi connectivity index (χ3v) is 2.30. The van der Waals surface area contributed by atoms with Gasteiger partial charge in [-0.3, -0.25) is 4.79 Å². The van der Waals surface area contributed by atoms with Gasteiger partial charge >= 0.3 is 5.97 Å². The van der Waals surface area contributed by atoms with E-state index in [4.69, 9.17) is 9.84 Å². The number of carbonyl (C=O) groups is 2. The van der Waals surface area contributed by atoms with Crippen LogP contribution in [0.3, 0.4) is 0 Å². The van der Waals surface area contributed by atoms with Gasteiger partial charge in [0, 0.05) is 0 Å². The predicted molar refractivity (Wildman–Crippen MR) is 64.7 cm³/mol.